The minimum absolute atomic E-state index is 0.370. The molecule has 0 aliphatic heterocycles. The van der Waals surface area contributed by atoms with E-state index >= 15 is 0 Å². The van der Waals surface area contributed by atoms with Crippen LogP contribution in [0.2, 0.25) is 0 Å². The van der Waals surface area contributed by atoms with Crippen molar-refractivity contribution in [3.05, 3.63) is 53.1 Å². The second kappa shape index (κ2) is 7.53. The van der Waals surface area contributed by atoms with Crippen LogP contribution < -0.4 is 10.1 Å². The number of benzene rings is 2. The molecule has 1 amide bonds. The van der Waals surface area contributed by atoms with Gasteiger partial charge in [0.05, 0.1) is 22.9 Å². The van der Waals surface area contributed by atoms with Crippen molar-refractivity contribution in [2.75, 3.05) is 19.0 Å². The number of esters is 1. The molecule has 0 saturated heterocycles. The number of aryl methyl sites for hydroxylation is 2. The molecule has 0 atom stereocenters. The monoisotopic (exact) mass is 370 g/mol. The van der Waals surface area contributed by atoms with Gasteiger partial charge in [-0.15, -0.1) is 0 Å². The molecular weight excluding hydrogens is 352 g/mol. The highest BCUT2D eigenvalue weighted by Crippen LogP contribution is 2.29. The van der Waals surface area contributed by atoms with Crippen molar-refractivity contribution >= 4 is 38.6 Å². The fourth-order valence-electron chi connectivity index (χ4n) is 2.32. The summed E-state index contributed by atoms with van der Waals surface area (Å²) in [4.78, 5) is 28.4. The maximum absolute atomic E-state index is 12.0. The number of amides is 1. The standard InChI is InChI=1S/C19H18N2O4S/c1-11-4-5-13(8-12(11)2)18(23)25-10-17(22)21-19-20-15-7-6-14(24-3)9-16(15)26-19/h4-9H,10H2,1-3H3,(H,20,21,22). The molecule has 0 spiro atoms. The third kappa shape index (κ3) is 4.00. The molecule has 26 heavy (non-hydrogen) atoms. The highest BCUT2D eigenvalue weighted by molar-refractivity contribution is 7.22. The highest BCUT2D eigenvalue weighted by atomic mass is 32.1. The lowest BCUT2D eigenvalue weighted by Crippen LogP contribution is -2.20. The maximum Gasteiger partial charge on any atom is 0.338 e. The molecule has 1 aromatic heterocycles. The smallest absolute Gasteiger partial charge is 0.338 e. The van der Waals surface area contributed by atoms with Crippen molar-refractivity contribution in [3.8, 4) is 5.75 Å². The number of nitrogens with zero attached hydrogens (tertiary/aromatic N) is 1. The number of hydrogen-bond acceptors (Lipinski definition) is 6. The van der Waals surface area contributed by atoms with E-state index in [2.05, 4.69) is 10.3 Å². The van der Waals surface area contributed by atoms with Gasteiger partial charge in [0.15, 0.2) is 11.7 Å². The van der Waals surface area contributed by atoms with Gasteiger partial charge in [0.1, 0.15) is 5.75 Å². The van der Waals surface area contributed by atoms with Crippen LogP contribution in [0.5, 0.6) is 5.75 Å². The molecular formula is C19H18N2O4S. The summed E-state index contributed by atoms with van der Waals surface area (Å²) in [6, 6.07) is 10.8. The number of fused-ring (bicyclic) bond motifs is 1. The lowest BCUT2D eigenvalue weighted by molar-refractivity contribution is -0.119. The van der Waals surface area contributed by atoms with E-state index in [9.17, 15) is 9.59 Å². The second-order valence-electron chi connectivity index (χ2n) is 5.78. The molecule has 3 aromatic rings. The third-order valence-electron chi connectivity index (χ3n) is 3.92. The van der Waals surface area contributed by atoms with Crippen LogP contribution in [0.1, 0.15) is 21.5 Å². The number of thiazole rings is 1. The third-order valence-corrected chi connectivity index (χ3v) is 4.85. The lowest BCUT2D eigenvalue weighted by atomic mass is 10.1. The number of carbonyl (C=O) groups is 2. The van der Waals surface area contributed by atoms with Crippen LogP contribution in [0.3, 0.4) is 0 Å². The summed E-state index contributed by atoms with van der Waals surface area (Å²) in [5.74, 6) is -0.244. The molecule has 3 rings (SSSR count). The largest absolute Gasteiger partial charge is 0.497 e. The summed E-state index contributed by atoms with van der Waals surface area (Å²) in [7, 11) is 1.59. The van der Waals surface area contributed by atoms with Crippen molar-refractivity contribution in [3.63, 3.8) is 0 Å². The summed E-state index contributed by atoms with van der Waals surface area (Å²) < 4.78 is 11.1. The molecule has 0 fully saturated rings. The molecule has 0 aliphatic rings. The van der Waals surface area contributed by atoms with Crippen LogP contribution >= 0.6 is 11.3 Å². The first-order valence-corrected chi connectivity index (χ1v) is 8.76. The SMILES string of the molecule is COc1ccc2nc(NC(=O)COC(=O)c3ccc(C)c(C)c3)sc2c1. The van der Waals surface area contributed by atoms with Crippen molar-refractivity contribution in [1.29, 1.82) is 0 Å². The van der Waals surface area contributed by atoms with Crippen LogP contribution in [-0.2, 0) is 9.53 Å². The van der Waals surface area contributed by atoms with Crippen LogP contribution in [0, 0.1) is 13.8 Å². The van der Waals surface area contributed by atoms with Crippen molar-refractivity contribution in [1.82, 2.24) is 4.98 Å². The number of hydrogen-bond donors (Lipinski definition) is 1. The minimum atomic E-state index is -0.530. The molecule has 0 aliphatic carbocycles. The Hall–Kier alpha value is -2.93. The first kappa shape index (κ1) is 17.9. The van der Waals surface area contributed by atoms with E-state index in [1.54, 1.807) is 25.3 Å². The predicted molar refractivity (Wildman–Crippen MR) is 101 cm³/mol. The number of rotatable bonds is 5. The predicted octanol–water partition coefficient (Wildman–Crippen LogP) is 3.72. The van der Waals surface area contributed by atoms with Gasteiger partial charge in [0.2, 0.25) is 0 Å². The van der Waals surface area contributed by atoms with Crippen LogP contribution in [0.25, 0.3) is 10.2 Å². The van der Waals surface area contributed by atoms with E-state index in [1.807, 2.05) is 32.0 Å². The average Bonchev–Trinajstić information content (AvgIpc) is 3.03. The molecule has 7 heteroatoms. The average molecular weight is 370 g/mol. The fourth-order valence-corrected chi connectivity index (χ4v) is 3.23. The van der Waals surface area contributed by atoms with E-state index in [1.165, 1.54) is 11.3 Å². The van der Waals surface area contributed by atoms with Gasteiger partial charge in [-0.05, 0) is 55.3 Å². The Bertz CT molecular complexity index is 981. The molecule has 0 radical (unpaired) electrons. The highest BCUT2D eigenvalue weighted by Gasteiger charge is 2.13. The van der Waals surface area contributed by atoms with Gasteiger partial charge in [0.25, 0.3) is 5.91 Å². The Balaban J connectivity index is 1.60. The summed E-state index contributed by atoms with van der Waals surface area (Å²) in [5.41, 5.74) is 3.27. The topological polar surface area (TPSA) is 77.5 Å². The maximum atomic E-state index is 12.0. The second-order valence-corrected chi connectivity index (χ2v) is 6.81. The molecule has 0 bridgehead atoms. The molecule has 1 heterocycles. The van der Waals surface area contributed by atoms with Crippen LogP contribution in [0.4, 0.5) is 5.13 Å². The zero-order chi connectivity index (χ0) is 18.7. The molecule has 134 valence electrons. The quantitative estimate of drug-likeness (QED) is 0.693. The summed E-state index contributed by atoms with van der Waals surface area (Å²) >= 11 is 1.33. The zero-order valence-corrected chi connectivity index (χ0v) is 15.5. The van der Waals surface area contributed by atoms with Gasteiger partial charge in [0, 0.05) is 0 Å². The van der Waals surface area contributed by atoms with E-state index < -0.39 is 11.9 Å². The Labute approximate surface area is 154 Å². The minimum Gasteiger partial charge on any atom is -0.497 e. The Morgan fingerprint density at radius 3 is 2.65 bits per heavy atom. The van der Waals surface area contributed by atoms with E-state index in [0.717, 1.165) is 27.1 Å². The Morgan fingerprint density at radius 2 is 1.92 bits per heavy atom. The van der Waals surface area contributed by atoms with Gasteiger partial charge < -0.3 is 9.47 Å². The van der Waals surface area contributed by atoms with Gasteiger partial charge in [-0.2, -0.15) is 0 Å². The van der Waals surface area contributed by atoms with Crippen LogP contribution in [-0.4, -0.2) is 30.6 Å². The number of nitrogens with one attached hydrogen (secondary N) is 1. The van der Waals surface area contributed by atoms with Gasteiger partial charge >= 0.3 is 5.97 Å². The van der Waals surface area contributed by atoms with Crippen molar-refractivity contribution in [2.24, 2.45) is 0 Å². The number of carbonyl (C=O) groups excluding carboxylic acids is 2. The van der Waals surface area contributed by atoms with E-state index in [0.29, 0.717) is 10.7 Å². The van der Waals surface area contributed by atoms with Crippen molar-refractivity contribution in [2.45, 2.75) is 13.8 Å². The van der Waals surface area contributed by atoms with Gasteiger partial charge in [-0.3, -0.25) is 10.1 Å². The molecule has 6 nitrogen and oxygen atoms in total. The number of anilines is 1. The first-order chi connectivity index (χ1) is 12.5. The first-order valence-electron chi connectivity index (χ1n) is 7.95. The number of aromatic nitrogens is 1. The van der Waals surface area contributed by atoms with Crippen LogP contribution in [0.15, 0.2) is 36.4 Å². The van der Waals surface area contributed by atoms with Gasteiger partial charge in [-0.1, -0.05) is 17.4 Å². The molecule has 0 saturated carbocycles. The van der Waals surface area contributed by atoms with Crippen molar-refractivity contribution < 1.29 is 19.1 Å². The fraction of sp³-hybridized carbons (Fsp3) is 0.211. The van der Waals surface area contributed by atoms with E-state index in [-0.39, 0.29) is 6.61 Å². The molecule has 1 N–H and O–H groups in total. The van der Waals surface area contributed by atoms with E-state index in [4.69, 9.17) is 9.47 Å². The number of ether oxygens (including phenoxy) is 2. The summed E-state index contributed by atoms with van der Waals surface area (Å²) in [6.07, 6.45) is 0. The molecule has 0 unspecified atom stereocenters. The number of methoxy groups -OCH3 is 1. The Morgan fingerprint density at radius 1 is 1.12 bits per heavy atom. The Kier molecular flexibility index (Phi) is 5.18. The zero-order valence-electron chi connectivity index (χ0n) is 14.7. The summed E-state index contributed by atoms with van der Waals surface area (Å²) in [6.45, 7) is 3.51. The summed E-state index contributed by atoms with van der Waals surface area (Å²) in [5, 5.41) is 3.09. The lowest BCUT2D eigenvalue weighted by Gasteiger charge is -2.06. The van der Waals surface area contributed by atoms with Gasteiger partial charge in [-0.25, -0.2) is 9.78 Å². The molecule has 2 aromatic carbocycles. The normalized spacial score (nSPS) is 10.6.